The third-order valence-electron chi connectivity index (χ3n) is 17.2. The lowest BCUT2D eigenvalue weighted by molar-refractivity contribution is 0.331. The van der Waals surface area contributed by atoms with Gasteiger partial charge in [-0.25, -0.2) is 0 Å². The quantitative estimate of drug-likeness (QED) is 0.177. The van der Waals surface area contributed by atoms with E-state index < -0.39 is 0 Å². The molecule has 2 aliphatic carbocycles. The van der Waals surface area contributed by atoms with Crippen molar-refractivity contribution < 1.29 is 0 Å². The topological polar surface area (TPSA) is 17.0 Å². The zero-order valence-corrected chi connectivity index (χ0v) is 44.5. The van der Waals surface area contributed by atoms with Crippen molar-refractivity contribution in [3.8, 4) is 27.9 Å². The van der Waals surface area contributed by atoms with E-state index in [1.54, 1.807) is 0 Å². The molecule has 0 bridgehead atoms. The number of benzene rings is 8. The van der Waals surface area contributed by atoms with Gasteiger partial charge in [-0.1, -0.05) is 171 Å². The molecule has 8 aromatic carbocycles. The zero-order chi connectivity index (χ0) is 49.4. The van der Waals surface area contributed by atoms with Crippen LogP contribution in [0.1, 0.15) is 114 Å². The molecule has 1 radical (unpaired) electrons. The van der Waals surface area contributed by atoms with Crippen molar-refractivity contribution in [1.82, 2.24) is 4.57 Å². The van der Waals surface area contributed by atoms with Gasteiger partial charge >= 0.3 is 0 Å². The van der Waals surface area contributed by atoms with Crippen molar-refractivity contribution in [2.75, 3.05) is 5.32 Å². The van der Waals surface area contributed by atoms with Gasteiger partial charge in [0.15, 0.2) is 7.28 Å². The molecule has 0 atom stereocenters. The van der Waals surface area contributed by atoms with Crippen LogP contribution in [0.5, 0.6) is 0 Å². The third-order valence-corrected chi connectivity index (χ3v) is 19.4. The fraction of sp³-hybridized carbons (Fsp3) is 0.224. The molecule has 1 N–H and O–H groups in total. The van der Waals surface area contributed by atoms with Crippen molar-refractivity contribution in [1.29, 1.82) is 0 Å². The Bertz CT molecular complexity index is 4070. The number of rotatable bonds is 4. The number of thioether (sulfide) groups is 1. The molecule has 0 saturated carbocycles. The molecule has 72 heavy (non-hydrogen) atoms. The zero-order valence-electron chi connectivity index (χ0n) is 42.8. The van der Waals surface area contributed by atoms with Gasteiger partial charge in [0, 0.05) is 74.3 Å². The van der Waals surface area contributed by atoms with Gasteiger partial charge in [-0.3, -0.25) is 0 Å². The van der Waals surface area contributed by atoms with Crippen molar-refractivity contribution in [3.63, 3.8) is 0 Å². The Morgan fingerprint density at radius 3 is 2.07 bits per heavy atom. The molecule has 0 saturated heterocycles. The molecule has 14 rings (SSSR count). The van der Waals surface area contributed by atoms with Crippen LogP contribution in [0, 0.1) is 0 Å². The molecule has 10 aromatic rings. The standard InChI is InChI=1S/C67H58BN2S2/c1-37-28-59(38-16-12-11-13-17-38)72-61-36-57-54(31-44(37)61)68-62-42(24-25-43-48-33-60-49(32-56(48)70(57)63(43)62)41-18-14-15-19-58(41)71-60)47-29-45-46-30-52-53(66(7,8)27-26-65(52,5)6)34-50(46)67(9,10)51(45)35-55(47)69-40-22-20-39(21-23-40)64(2,3)4/h11-25,28-36,69H,1,26-27H2,2-10H3. The lowest BCUT2D eigenvalue weighted by atomic mass is 9.58. The molecular formula is C67H58BN2S2. The van der Waals surface area contributed by atoms with Gasteiger partial charge in [-0.2, -0.15) is 0 Å². The fourth-order valence-electron chi connectivity index (χ4n) is 12.9. The molecule has 351 valence electrons. The first-order chi connectivity index (χ1) is 34.4. The van der Waals surface area contributed by atoms with Crippen LogP contribution in [0.2, 0.25) is 0 Å². The summed E-state index contributed by atoms with van der Waals surface area (Å²) in [5.41, 5.74) is 24.3. The second kappa shape index (κ2) is 15.0. The average Bonchev–Trinajstić information content (AvgIpc) is 3.96. The van der Waals surface area contributed by atoms with Gasteiger partial charge in [0.1, 0.15) is 0 Å². The first kappa shape index (κ1) is 44.2. The number of nitrogens with one attached hydrogen (secondary N) is 1. The molecule has 4 aliphatic rings. The van der Waals surface area contributed by atoms with E-state index in [4.69, 9.17) is 0 Å². The minimum absolute atomic E-state index is 0.0605. The maximum absolute atomic E-state index is 4.69. The Labute approximate surface area is 433 Å². The van der Waals surface area contributed by atoms with Crippen LogP contribution in [0.3, 0.4) is 0 Å². The van der Waals surface area contributed by atoms with Crippen LogP contribution in [0.15, 0.2) is 157 Å². The molecule has 2 aromatic heterocycles. The van der Waals surface area contributed by atoms with Crippen LogP contribution >= 0.6 is 23.1 Å². The molecule has 0 spiro atoms. The van der Waals surface area contributed by atoms with E-state index in [1.165, 1.54) is 142 Å². The molecule has 0 amide bonds. The van der Waals surface area contributed by atoms with E-state index in [0.717, 1.165) is 16.9 Å². The SMILES string of the molecule is C=C1C=C(c2ccccc2)Sc2cc3c(cc21)[B]c1c(-c2cc4c(cc2Nc2ccc(C(C)(C)C)cc2)C(C)(C)c2cc5c(cc2-4)C(C)(C)CCC5(C)C)ccc2c4cc5sc6ccccc6c5cc4n-3c12. The highest BCUT2D eigenvalue weighted by molar-refractivity contribution is 8.08. The average molecular weight is 966 g/mol. The maximum atomic E-state index is 4.69. The molecule has 0 fully saturated rings. The summed E-state index contributed by atoms with van der Waals surface area (Å²) in [5.74, 6) is 0. The third kappa shape index (κ3) is 6.42. The van der Waals surface area contributed by atoms with Gasteiger partial charge in [0.05, 0.1) is 5.52 Å². The number of nitrogens with zero attached hydrogens (tertiary/aromatic N) is 1. The number of aromatic nitrogens is 1. The lowest BCUT2D eigenvalue weighted by Gasteiger charge is -2.42. The first-order valence-electron chi connectivity index (χ1n) is 25.8. The summed E-state index contributed by atoms with van der Waals surface area (Å²) in [4.78, 5) is 2.47. The summed E-state index contributed by atoms with van der Waals surface area (Å²) in [5, 5.41) is 9.26. The van der Waals surface area contributed by atoms with E-state index in [9.17, 15) is 0 Å². The van der Waals surface area contributed by atoms with Crippen molar-refractivity contribution in [3.05, 3.63) is 191 Å². The number of allylic oxidation sites excluding steroid dienone is 2. The second-order valence-electron chi connectivity index (χ2n) is 24.0. The summed E-state index contributed by atoms with van der Waals surface area (Å²) in [6, 6.07) is 53.7. The monoisotopic (exact) mass is 965 g/mol. The summed E-state index contributed by atoms with van der Waals surface area (Å²) >= 11 is 3.75. The Balaban J connectivity index is 1.03. The number of anilines is 2. The fourth-order valence-corrected chi connectivity index (χ4v) is 15.2. The molecule has 4 heterocycles. The van der Waals surface area contributed by atoms with Crippen molar-refractivity contribution >= 4 is 105 Å². The Morgan fingerprint density at radius 1 is 0.597 bits per heavy atom. The van der Waals surface area contributed by atoms with Crippen LogP contribution in [-0.4, -0.2) is 11.8 Å². The number of hydrogen-bond acceptors (Lipinski definition) is 3. The molecule has 2 nitrogen and oxygen atoms in total. The van der Waals surface area contributed by atoms with Crippen molar-refractivity contribution in [2.45, 2.75) is 102 Å². The molecule has 5 heteroatoms. The van der Waals surface area contributed by atoms with Crippen LogP contribution < -0.4 is 16.2 Å². The van der Waals surface area contributed by atoms with Gasteiger partial charge < -0.3 is 9.88 Å². The normalized spacial score (nSPS) is 16.8. The van der Waals surface area contributed by atoms with Crippen molar-refractivity contribution in [2.24, 2.45) is 0 Å². The van der Waals surface area contributed by atoms with Gasteiger partial charge in [-0.05, 0) is 156 Å². The number of thiophene rings is 1. The van der Waals surface area contributed by atoms with Crippen LogP contribution in [0.25, 0.3) is 80.4 Å². The predicted molar refractivity (Wildman–Crippen MR) is 315 cm³/mol. The summed E-state index contributed by atoms with van der Waals surface area (Å²) in [6.45, 7) is 26.3. The van der Waals surface area contributed by atoms with Crippen LogP contribution in [0.4, 0.5) is 11.4 Å². The lowest BCUT2D eigenvalue weighted by Crippen LogP contribution is -2.37. The maximum Gasteiger partial charge on any atom is 0.197 e. The van der Waals surface area contributed by atoms with Crippen LogP contribution in [-0.2, 0) is 21.7 Å². The highest BCUT2D eigenvalue weighted by atomic mass is 32.2. The molecule has 2 aliphatic heterocycles. The minimum atomic E-state index is -0.191. The van der Waals surface area contributed by atoms with E-state index in [0.29, 0.717) is 0 Å². The molecular weight excluding hydrogens is 908 g/mol. The summed E-state index contributed by atoms with van der Waals surface area (Å²) < 4.78 is 5.25. The highest BCUT2D eigenvalue weighted by Gasteiger charge is 2.43. The van der Waals surface area contributed by atoms with Gasteiger partial charge in [0.2, 0.25) is 0 Å². The van der Waals surface area contributed by atoms with Gasteiger partial charge in [0.25, 0.3) is 0 Å². The first-order valence-corrected chi connectivity index (χ1v) is 27.4. The highest BCUT2D eigenvalue weighted by Crippen LogP contribution is 2.57. The second-order valence-corrected chi connectivity index (χ2v) is 26.2. The Kier molecular flexibility index (Phi) is 9.23. The Morgan fingerprint density at radius 2 is 1.31 bits per heavy atom. The predicted octanol–water partition coefficient (Wildman–Crippen LogP) is 17.6. The van der Waals surface area contributed by atoms with E-state index in [1.807, 2.05) is 23.1 Å². The molecule has 0 unspecified atom stereocenters. The van der Waals surface area contributed by atoms with Gasteiger partial charge in [-0.15, -0.1) is 11.3 Å². The number of hydrogen-bond donors (Lipinski definition) is 1. The number of fused-ring (bicyclic) bond motifs is 13. The minimum Gasteiger partial charge on any atom is -0.355 e. The van der Waals surface area contributed by atoms with E-state index in [2.05, 4.69) is 232 Å². The Hall–Kier alpha value is -6.53. The summed E-state index contributed by atoms with van der Waals surface area (Å²) in [6.07, 6.45) is 4.66. The largest absolute Gasteiger partial charge is 0.355 e. The summed E-state index contributed by atoms with van der Waals surface area (Å²) in [7, 11) is 2.49. The van der Waals surface area contributed by atoms with E-state index >= 15 is 0 Å². The smallest absolute Gasteiger partial charge is 0.197 e. The van der Waals surface area contributed by atoms with E-state index in [-0.39, 0.29) is 21.7 Å².